The molecular formula is C12H10ClN3S3. The third-order valence-corrected chi connectivity index (χ3v) is 6.10. The largest absolute Gasteiger partial charge is 0.238 e. The maximum Gasteiger partial charge on any atom is 0.150 e. The summed E-state index contributed by atoms with van der Waals surface area (Å²) in [5, 5.41) is 3.51. The van der Waals surface area contributed by atoms with Crippen LogP contribution >= 0.6 is 46.0 Å². The smallest absolute Gasteiger partial charge is 0.150 e. The van der Waals surface area contributed by atoms with Crippen LogP contribution in [-0.4, -0.2) is 15.0 Å². The summed E-state index contributed by atoms with van der Waals surface area (Å²) in [6, 6.07) is 0. The number of hydrogen-bond acceptors (Lipinski definition) is 6. The van der Waals surface area contributed by atoms with E-state index in [4.69, 9.17) is 11.6 Å². The number of nitrogens with zero attached hydrogens (tertiary/aromatic N) is 3. The molecular weight excluding hydrogens is 318 g/mol. The Labute approximate surface area is 128 Å². The zero-order valence-corrected chi connectivity index (χ0v) is 13.5. The molecule has 3 aromatic heterocycles. The van der Waals surface area contributed by atoms with Crippen molar-refractivity contribution < 1.29 is 0 Å². The summed E-state index contributed by atoms with van der Waals surface area (Å²) in [7, 11) is 0. The normalized spacial score (nSPS) is 11.3. The van der Waals surface area contributed by atoms with E-state index in [1.807, 2.05) is 5.38 Å². The van der Waals surface area contributed by atoms with Gasteiger partial charge in [-0.15, -0.1) is 22.7 Å². The Morgan fingerprint density at radius 2 is 2.16 bits per heavy atom. The summed E-state index contributed by atoms with van der Waals surface area (Å²) in [5.41, 5.74) is 1.18. The van der Waals surface area contributed by atoms with Crippen molar-refractivity contribution in [3.05, 3.63) is 33.0 Å². The standard InChI is InChI=1S/C12H10ClN3S3/c1-6-7(2)19-11-9(6)10(13)15-8(16-11)5-18-12-14-3-4-17-12/h3-4H,5H2,1-2H3. The lowest BCUT2D eigenvalue weighted by molar-refractivity contribution is 1.07. The maximum atomic E-state index is 6.27. The summed E-state index contributed by atoms with van der Waals surface area (Å²) < 4.78 is 1.03. The molecule has 3 rings (SSSR count). The van der Waals surface area contributed by atoms with Gasteiger partial charge in [0.15, 0.2) is 0 Å². The molecule has 0 fully saturated rings. The number of hydrogen-bond donors (Lipinski definition) is 0. The van der Waals surface area contributed by atoms with Crippen LogP contribution in [0.15, 0.2) is 15.9 Å². The number of thiazole rings is 1. The lowest BCUT2D eigenvalue weighted by Crippen LogP contribution is -1.93. The molecule has 0 saturated carbocycles. The van der Waals surface area contributed by atoms with Gasteiger partial charge < -0.3 is 0 Å². The number of aryl methyl sites for hydroxylation is 2. The summed E-state index contributed by atoms with van der Waals surface area (Å²) in [5.74, 6) is 1.46. The predicted octanol–water partition coefficient (Wildman–Crippen LogP) is 4.71. The first-order valence-corrected chi connectivity index (χ1v) is 8.65. The molecule has 3 nitrogen and oxygen atoms in total. The fourth-order valence-corrected chi connectivity index (χ4v) is 4.64. The van der Waals surface area contributed by atoms with Crippen LogP contribution < -0.4 is 0 Å². The maximum absolute atomic E-state index is 6.27. The minimum absolute atomic E-state index is 0.557. The van der Waals surface area contributed by atoms with E-state index in [2.05, 4.69) is 28.8 Å². The molecule has 0 aliphatic heterocycles. The van der Waals surface area contributed by atoms with Gasteiger partial charge in [-0.2, -0.15) is 0 Å². The van der Waals surface area contributed by atoms with Crippen LogP contribution in [0.1, 0.15) is 16.3 Å². The van der Waals surface area contributed by atoms with Crippen LogP contribution in [0.5, 0.6) is 0 Å². The Bertz CT molecular complexity index is 721. The lowest BCUT2D eigenvalue weighted by atomic mass is 10.2. The minimum atomic E-state index is 0.557. The van der Waals surface area contributed by atoms with Crippen LogP contribution in [-0.2, 0) is 5.75 Å². The molecule has 0 saturated heterocycles. The number of aromatic nitrogens is 3. The molecule has 3 aromatic rings. The molecule has 0 amide bonds. The van der Waals surface area contributed by atoms with E-state index in [-0.39, 0.29) is 0 Å². The number of halogens is 1. The molecule has 0 atom stereocenters. The molecule has 0 aromatic carbocycles. The van der Waals surface area contributed by atoms with Gasteiger partial charge in [0.05, 0.1) is 11.1 Å². The molecule has 19 heavy (non-hydrogen) atoms. The quantitative estimate of drug-likeness (QED) is 0.516. The van der Waals surface area contributed by atoms with Crippen molar-refractivity contribution in [2.75, 3.05) is 0 Å². The van der Waals surface area contributed by atoms with Crippen LogP contribution in [0.3, 0.4) is 0 Å². The summed E-state index contributed by atoms with van der Waals surface area (Å²) in [4.78, 5) is 15.4. The molecule has 3 heterocycles. The Morgan fingerprint density at radius 3 is 2.89 bits per heavy atom. The lowest BCUT2D eigenvalue weighted by Gasteiger charge is -2.01. The van der Waals surface area contributed by atoms with Crippen molar-refractivity contribution in [2.45, 2.75) is 23.9 Å². The first kappa shape index (κ1) is 13.3. The number of rotatable bonds is 3. The number of fused-ring (bicyclic) bond motifs is 1. The van der Waals surface area contributed by atoms with Crippen LogP contribution in [0.4, 0.5) is 0 Å². The first-order valence-electron chi connectivity index (χ1n) is 5.59. The summed E-state index contributed by atoms with van der Waals surface area (Å²) in [6.07, 6.45) is 1.80. The van der Waals surface area contributed by atoms with Gasteiger partial charge in [-0.1, -0.05) is 23.4 Å². The third kappa shape index (κ3) is 2.63. The second-order valence-corrected chi connectivity index (χ2v) is 7.66. The molecule has 0 aliphatic carbocycles. The van der Waals surface area contributed by atoms with E-state index in [1.165, 1.54) is 10.4 Å². The van der Waals surface area contributed by atoms with E-state index in [0.29, 0.717) is 10.9 Å². The van der Waals surface area contributed by atoms with E-state index in [0.717, 1.165) is 20.4 Å². The van der Waals surface area contributed by atoms with Gasteiger partial charge in [-0.3, -0.25) is 0 Å². The van der Waals surface area contributed by atoms with Gasteiger partial charge in [-0.25, -0.2) is 15.0 Å². The molecule has 98 valence electrons. The highest BCUT2D eigenvalue weighted by Gasteiger charge is 2.13. The molecule has 0 aliphatic rings. The van der Waals surface area contributed by atoms with E-state index >= 15 is 0 Å². The SMILES string of the molecule is Cc1sc2nc(CSc3nccs3)nc(Cl)c2c1C. The second-order valence-electron chi connectivity index (χ2n) is 3.98. The molecule has 0 radical (unpaired) electrons. The minimum Gasteiger partial charge on any atom is -0.238 e. The molecule has 7 heteroatoms. The fourth-order valence-electron chi connectivity index (χ4n) is 1.71. The van der Waals surface area contributed by atoms with Crippen molar-refractivity contribution in [3.8, 4) is 0 Å². The highest BCUT2D eigenvalue weighted by molar-refractivity contribution is 8.00. The highest BCUT2D eigenvalue weighted by atomic mass is 35.5. The number of thioether (sulfide) groups is 1. The van der Waals surface area contributed by atoms with E-state index in [9.17, 15) is 0 Å². The van der Waals surface area contributed by atoms with E-state index < -0.39 is 0 Å². The topological polar surface area (TPSA) is 38.7 Å². The van der Waals surface area contributed by atoms with Gasteiger partial charge in [0.2, 0.25) is 0 Å². The first-order chi connectivity index (χ1) is 9.15. The predicted molar refractivity (Wildman–Crippen MR) is 83.6 cm³/mol. The summed E-state index contributed by atoms with van der Waals surface area (Å²) in [6.45, 7) is 4.15. The average molecular weight is 328 g/mol. The Balaban J connectivity index is 1.92. The van der Waals surface area contributed by atoms with Gasteiger partial charge >= 0.3 is 0 Å². The van der Waals surface area contributed by atoms with Crippen LogP contribution in [0, 0.1) is 13.8 Å². The van der Waals surface area contributed by atoms with Crippen molar-refractivity contribution in [1.29, 1.82) is 0 Å². The van der Waals surface area contributed by atoms with Crippen molar-refractivity contribution in [2.24, 2.45) is 0 Å². The highest BCUT2D eigenvalue weighted by Crippen LogP contribution is 2.33. The van der Waals surface area contributed by atoms with Crippen molar-refractivity contribution >= 4 is 56.3 Å². The van der Waals surface area contributed by atoms with Gasteiger partial charge in [0.25, 0.3) is 0 Å². The monoisotopic (exact) mass is 327 g/mol. The van der Waals surface area contributed by atoms with Crippen LogP contribution in [0.2, 0.25) is 5.15 Å². The fraction of sp³-hybridized carbons (Fsp3) is 0.250. The molecule has 0 bridgehead atoms. The van der Waals surface area contributed by atoms with Crippen molar-refractivity contribution in [3.63, 3.8) is 0 Å². The second kappa shape index (κ2) is 5.36. The van der Waals surface area contributed by atoms with Crippen LogP contribution in [0.25, 0.3) is 10.2 Å². The Morgan fingerprint density at radius 1 is 1.32 bits per heavy atom. The van der Waals surface area contributed by atoms with Gasteiger partial charge in [-0.05, 0) is 19.4 Å². The molecule has 0 N–H and O–H groups in total. The molecule has 0 spiro atoms. The Hall–Kier alpha value is -0.690. The number of thiophene rings is 1. The van der Waals surface area contributed by atoms with Gasteiger partial charge in [0.1, 0.15) is 20.1 Å². The van der Waals surface area contributed by atoms with E-state index in [1.54, 1.807) is 40.6 Å². The van der Waals surface area contributed by atoms with Gasteiger partial charge in [0, 0.05) is 16.5 Å². The Kier molecular flexibility index (Phi) is 3.75. The molecule has 0 unspecified atom stereocenters. The zero-order chi connectivity index (χ0) is 13.4. The average Bonchev–Trinajstić information content (AvgIpc) is 2.96. The van der Waals surface area contributed by atoms with Crippen molar-refractivity contribution in [1.82, 2.24) is 15.0 Å². The third-order valence-electron chi connectivity index (χ3n) is 2.77. The zero-order valence-electron chi connectivity index (χ0n) is 10.3. The summed E-state index contributed by atoms with van der Waals surface area (Å²) >= 11 is 11.2.